The van der Waals surface area contributed by atoms with Gasteiger partial charge < -0.3 is 4.74 Å². The molecule has 0 bridgehead atoms. The number of hydrogen-bond donors (Lipinski definition) is 0. The zero-order chi connectivity index (χ0) is 9.03. The minimum Gasteiger partial charge on any atom is -0.466 e. The van der Waals surface area contributed by atoms with Crippen LogP contribution < -0.4 is 0 Å². The molecule has 0 atom stereocenters. The molecule has 0 amide bonds. The highest BCUT2D eigenvalue weighted by Gasteiger charge is 2.35. The van der Waals surface area contributed by atoms with Crippen molar-refractivity contribution < 1.29 is 9.53 Å². The van der Waals surface area contributed by atoms with Crippen LogP contribution in [0.2, 0.25) is 0 Å². The van der Waals surface area contributed by atoms with Gasteiger partial charge in [0.1, 0.15) is 0 Å². The average Bonchev–Trinajstić information content (AvgIpc) is 2.06. The quantitative estimate of drug-likeness (QED) is 0.595. The predicted octanol–water partition coefficient (Wildman–Crippen LogP) is 2.52. The topological polar surface area (TPSA) is 26.3 Å². The van der Waals surface area contributed by atoms with E-state index in [-0.39, 0.29) is 11.4 Å². The van der Waals surface area contributed by atoms with Crippen LogP contribution in [-0.2, 0) is 9.53 Å². The van der Waals surface area contributed by atoms with E-state index in [2.05, 4.69) is 0 Å². The van der Waals surface area contributed by atoms with Crippen molar-refractivity contribution in [3.8, 4) is 0 Å². The van der Waals surface area contributed by atoms with Crippen LogP contribution >= 0.6 is 0 Å². The molecule has 0 aromatic heterocycles. The summed E-state index contributed by atoms with van der Waals surface area (Å²) in [6, 6.07) is 0. The van der Waals surface area contributed by atoms with E-state index in [1.807, 2.05) is 13.8 Å². The summed E-state index contributed by atoms with van der Waals surface area (Å²) in [4.78, 5) is 11.5. The molecule has 1 saturated carbocycles. The Morgan fingerprint density at radius 3 is 2.42 bits per heavy atom. The number of ether oxygens (including phenoxy) is 1. The van der Waals surface area contributed by atoms with Crippen LogP contribution in [0.25, 0.3) is 0 Å². The van der Waals surface area contributed by atoms with Crippen LogP contribution in [0.5, 0.6) is 0 Å². The Labute approximate surface area is 74.3 Å². The molecule has 0 saturated heterocycles. The molecule has 0 aliphatic heterocycles. The Hall–Kier alpha value is -0.530. The number of esters is 1. The Morgan fingerprint density at radius 2 is 1.92 bits per heavy atom. The third kappa shape index (κ3) is 1.99. The summed E-state index contributed by atoms with van der Waals surface area (Å²) >= 11 is 0. The lowest BCUT2D eigenvalue weighted by atomic mass is 9.76. The van der Waals surface area contributed by atoms with Gasteiger partial charge in [-0.15, -0.1) is 0 Å². The normalized spacial score (nSPS) is 21.8. The van der Waals surface area contributed by atoms with Crippen LogP contribution in [0.4, 0.5) is 0 Å². The second-order valence-corrected chi connectivity index (χ2v) is 3.84. The van der Waals surface area contributed by atoms with Gasteiger partial charge in [-0.25, -0.2) is 0 Å². The van der Waals surface area contributed by atoms with E-state index in [4.69, 9.17) is 4.74 Å². The summed E-state index contributed by atoms with van der Waals surface area (Å²) in [6.07, 6.45) is 5.64. The lowest BCUT2D eigenvalue weighted by Gasteiger charge is -2.30. The first-order valence-corrected chi connectivity index (χ1v) is 4.86. The van der Waals surface area contributed by atoms with Gasteiger partial charge in [-0.1, -0.05) is 19.3 Å². The number of carbonyl (C=O) groups is 1. The van der Waals surface area contributed by atoms with Crippen molar-refractivity contribution >= 4 is 5.97 Å². The highest BCUT2D eigenvalue weighted by molar-refractivity contribution is 5.76. The van der Waals surface area contributed by atoms with E-state index in [1.165, 1.54) is 19.3 Å². The highest BCUT2D eigenvalue weighted by atomic mass is 16.5. The molecule has 0 aromatic rings. The maximum Gasteiger partial charge on any atom is 0.311 e. The Kier molecular flexibility index (Phi) is 3.12. The van der Waals surface area contributed by atoms with Gasteiger partial charge in [-0.2, -0.15) is 0 Å². The van der Waals surface area contributed by atoms with Crippen molar-refractivity contribution in [2.45, 2.75) is 46.0 Å². The number of rotatable bonds is 2. The van der Waals surface area contributed by atoms with Crippen LogP contribution in [0.15, 0.2) is 0 Å². The molecule has 0 aromatic carbocycles. The van der Waals surface area contributed by atoms with Crippen molar-refractivity contribution in [3.63, 3.8) is 0 Å². The minimum absolute atomic E-state index is 0.00435. The molecule has 12 heavy (non-hydrogen) atoms. The Morgan fingerprint density at radius 1 is 1.33 bits per heavy atom. The molecule has 2 heteroatoms. The van der Waals surface area contributed by atoms with Gasteiger partial charge in [0.15, 0.2) is 0 Å². The molecule has 0 N–H and O–H groups in total. The smallest absolute Gasteiger partial charge is 0.311 e. The molecular weight excluding hydrogens is 152 g/mol. The Balaban J connectivity index is 2.50. The zero-order valence-electron chi connectivity index (χ0n) is 8.06. The molecular formula is C10H18O2. The lowest BCUT2D eigenvalue weighted by molar-refractivity contribution is -0.156. The molecule has 0 heterocycles. The van der Waals surface area contributed by atoms with Crippen LogP contribution in [-0.4, -0.2) is 12.6 Å². The van der Waals surface area contributed by atoms with Gasteiger partial charge in [-0.05, 0) is 26.7 Å². The first-order chi connectivity index (χ1) is 5.69. The van der Waals surface area contributed by atoms with Crippen molar-refractivity contribution in [2.24, 2.45) is 5.41 Å². The second kappa shape index (κ2) is 3.92. The molecule has 2 nitrogen and oxygen atoms in total. The fourth-order valence-corrected chi connectivity index (χ4v) is 1.84. The summed E-state index contributed by atoms with van der Waals surface area (Å²) < 4.78 is 5.05. The zero-order valence-corrected chi connectivity index (χ0v) is 8.06. The maximum atomic E-state index is 11.5. The van der Waals surface area contributed by atoms with Crippen molar-refractivity contribution in [2.75, 3.05) is 6.61 Å². The first kappa shape index (κ1) is 9.56. The van der Waals surface area contributed by atoms with Crippen molar-refractivity contribution in [3.05, 3.63) is 0 Å². The van der Waals surface area contributed by atoms with Gasteiger partial charge in [0.2, 0.25) is 0 Å². The molecule has 1 aliphatic rings. The number of carbonyl (C=O) groups excluding carboxylic acids is 1. The molecule has 1 rings (SSSR count). The largest absolute Gasteiger partial charge is 0.466 e. The summed E-state index contributed by atoms with van der Waals surface area (Å²) in [5, 5.41) is 0. The number of hydrogen-bond acceptors (Lipinski definition) is 2. The van der Waals surface area contributed by atoms with E-state index in [9.17, 15) is 4.79 Å². The van der Waals surface area contributed by atoms with E-state index in [1.54, 1.807) is 0 Å². The summed E-state index contributed by atoms with van der Waals surface area (Å²) in [5.41, 5.74) is -0.172. The summed E-state index contributed by atoms with van der Waals surface area (Å²) in [5.74, 6) is 0.00435. The molecule has 0 spiro atoms. The molecule has 70 valence electrons. The monoisotopic (exact) mass is 170 g/mol. The predicted molar refractivity (Wildman–Crippen MR) is 47.8 cm³/mol. The SMILES string of the molecule is CCOC(=O)C1(C)CCCCC1. The van der Waals surface area contributed by atoms with Gasteiger partial charge in [0.25, 0.3) is 0 Å². The third-order valence-corrected chi connectivity index (χ3v) is 2.73. The van der Waals surface area contributed by atoms with E-state index < -0.39 is 0 Å². The Bertz CT molecular complexity index is 157. The molecule has 1 fully saturated rings. The second-order valence-electron chi connectivity index (χ2n) is 3.84. The van der Waals surface area contributed by atoms with Crippen molar-refractivity contribution in [1.29, 1.82) is 0 Å². The van der Waals surface area contributed by atoms with Gasteiger partial charge in [-0.3, -0.25) is 4.79 Å². The fraction of sp³-hybridized carbons (Fsp3) is 0.900. The van der Waals surface area contributed by atoms with Crippen LogP contribution in [0.3, 0.4) is 0 Å². The van der Waals surface area contributed by atoms with E-state index in [0.717, 1.165) is 12.8 Å². The third-order valence-electron chi connectivity index (χ3n) is 2.73. The first-order valence-electron chi connectivity index (χ1n) is 4.86. The van der Waals surface area contributed by atoms with Gasteiger partial charge >= 0.3 is 5.97 Å². The fourth-order valence-electron chi connectivity index (χ4n) is 1.84. The maximum absolute atomic E-state index is 11.5. The minimum atomic E-state index is -0.172. The molecule has 0 unspecified atom stereocenters. The average molecular weight is 170 g/mol. The van der Waals surface area contributed by atoms with E-state index in [0.29, 0.717) is 6.61 Å². The van der Waals surface area contributed by atoms with Gasteiger partial charge in [0.05, 0.1) is 12.0 Å². The van der Waals surface area contributed by atoms with Crippen LogP contribution in [0.1, 0.15) is 46.0 Å². The van der Waals surface area contributed by atoms with Gasteiger partial charge in [0, 0.05) is 0 Å². The lowest BCUT2D eigenvalue weighted by Crippen LogP contribution is -2.31. The standard InChI is InChI=1S/C10H18O2/c1-3-12-9(11)10(2)7-5-4-6-8-10/h3-8H2,1-2H3. The van der Waals surface area contributed by atoms with E-state index >= 15 is 0 Å². The molecule has 1 aliphatic carbocycles. The molecule has 0 radical (unpaired) electrons. The summed E-state index contributed by atoms with van der Waals surface area (Å²) in [7, 11) is 0. The van der Waals surface area contributed by atoms with Crippen LogP contribution in [0, 0.1) is 5.41 Å². The summed E-state index contributed by atoms with van der Waals surface area (Å²) in [6.45, 7) is 4.41. The highest BCUT2D eigenvalue weighted by Crippen LogP contribution is 2.36. The van der Waals surface area contributed by atoms with Crippen molar-refractivity contribution in [1.82, 2.24) is 0 Å².